The molecule has 0 atom stereocenters. The number of aromatic nitrogens is 1. The summed E-state index contributed by atoms with van der Waals surface area (Å²) in [5, 5.41) is 0.673. The molecule has 0 saturated carbocycles. The van der Waals surface area contributed by atoms with Crippen LogP contribution in [0, 0.1) is 5.82 Å². The van der Waals surface area contributed by atoms with Crippen LogP contribution in [0.25, 0.3) is 10.2 Å². The highest BCUT2D eigenvalue weighted by atomic mass is 79.9. The summed E-state index contributed by atoms with van der Waals surface area (Å²) in [7, 11) is 0. The lowest BCUT2D eigenvalue weighted by Crippen LogP contribution is -2.31. The third kappa shape index (κ3) is 5.04. The zero-order chi connectivity index (χ0) is 20.2. The molecule has 7 heteroatoms. The molecule has 0 radical (unpaired) electrons. The fourth-order valence-corrected chi connectivity index (χ4v) is 5.09. The molecule has 1 aromatic heterocycles. The molecule has 0 N–H and O–H groups in total. The van der Waals surface area contributed by atoms with Gasteiger partial charge in [-0.15, -0.1) is 11.8 Å². The van der Waals surface area contributed by atoms with Crippen molar-refractivity contribution in [1.29, 1.82) is 0 Å². The molecule has 0 bridgehead atoms. The van der Waals surface area contributed by atoms with E-state index in [4.69, 9.17) is 0 Å². The van der Waals surface area contributed by atoms with Gasteiger partial charge in [0.2, 0.25) is 5.91 Å². The third-order valence-corrected chi connectivity index (χ3v) is 6.76. The Labute approximate surface area is 184 Å². The lowest BCUT2D eigenvalue weighted by Gasteiger charge is -2.20. The molecule has 0 aliphatic carbocycles. The van der Waals surface area contributed by atoms with Crippen LogP contribution in [0.1, 0.15) is 5.56 Å². The quantitative estimate of drug-likeness (QED) is 0.290. The van der Waals surface area contributed by atoms with E-state index < -0.39 is 0 Å². The Morgan fingerprint density at radius 3 is 2.59 bits per heavy atom. The highest BCUT2D eigenvalue weighted by Crippen LogP contribution is 2.32. The molecule has 0 aliphatic rings. The molecule has 0 spiro atoms. The molecule has 0 saturated heterocycles. The molecule has 3 nitrogen and oxygen atoms in total. The fraction of sp³-hybridized carbons (Fsp3) is 0.0909. The maximum Gasteiger partial charge on any atom is 0.239 e. The zero-order valence-electron chi connectivity index (χ0n) is 15.2. The second-order valence-corrected chi connectivity index (χ2v) is 9.29. The molecule has 29 heavy (non-hydrogen) atoms. The van der Waals surface area contributed by atoms with Crippen LogP contribution in [0.2, 0.25) is 0 Å². The van der Waals surface area contributed by atoms with Crippen molar-refractivity contribution >= 4 is 60.3 Å². The second-order valence-electron chi connectivity index (χ2n) is 6.32. The highest BCUT2D eigenvalue weighted by Gasteiger charge is 2.20. The zero-order valence-corrected chi connectivity index (χ0v) is 18.4. The van der Waals surface area contributed by atoms with Gasteiger partial charge in [0.25, 0.3) is 0 Å². The van der Waals surface area contributed by atoms with Crippen LogP contribution in [0.5, 0.6) is 0 Å². The van der Waals surface area contributed by atoms with Crippen molar-refractivity contribution in [2.75, 3.05) is 10.7 Å². The number of halogens is 2. The van der Waals surface area contributed by atoms with Crippen molar-refractivity contribution in [1.82, 2.24) is 4.98 Å². The summed E-state index contributed by atoms with van der Waals surface area (Å²) in [6, 6.07) is 21.9. The molecular formula is C22H16BrFN2OS2. The Bertz CT molecular complexity index is 1130. The van der Waals surface area contributed by atoms with Gasteiger partial charge in [0.15, 0.2) is 5.13 Å². The Morgan fingerprint density at radius 2 is 1.83 bits per heavy atom. The predicted octanol–water partition coefficient (Wildman–Crippen LogP) is 6.52. The number of thioether (sulfide) groups is 1. The van der Waals surface area contributed by atoms with Crippen LogP contribution in [-0.2, 0) is 11.3 Å². The predicted molar refractivity (Wildman–Crippen MR) is 122 cm³/mol. The van der Waals surface area contributed by atoms with E-state index >= 15 is 0 Å². The van der Waals surface area contributed by atoms with Gasteiger partial charge in [-0.1, -0.05) is 57.6 Å². The van der Waals surface area contributed by atoms with E-state index in [1.165, 1.54) is 35.2 Å². The van der Waals surface area contributed by atoms with E-state index in [1.807, 2.05) is 48.5 Å². The van der Waals surface area contributed by atoms with Crippen LogP contribution >= 0.6 is 39.0 Å². The number of carbonyl (C=O) groups is 1. The monoisotopic (exact) mass is 486 g/mol. The number of hydrogen-bond acceptors (Lipinski definition) is 4. The molecule has 3 aromatic carbocycles. The van der Waals surface area contributed by atoms with Crippen molar-refractivity contribution in [3.05, 3.63) is 88.6 Å². The Balaban J connectivity index is 1.59. The number of anilines is 1. The summed E-state index contributed by atoms with van der Waals surface area (Å²) < 4.78 is 15.1. The minimum absolute atomic E-state index is 0.0405. The average molecular weight is 487 g/mol. The number of benzene rings is 3. The van der Waals surface area contributed by atoms with Crippen molar-refractivity contribution in [3.63, 3.8) is 0 Å². The number of amides is 1. The molecular weight excluding hydrogens is 471 g/mol. The van der Waals surface area contributed by atoms with Crippen LogP contribution in [0.15, 0.2) is 82.2 Å². The van der Waals surface area contributed by atoms with Gasteiger partial charge in [-0.3, -0.25) is 9.69 Å². The van der Waals surface area contributed by atoms with Crippen molar-refractivity contribution < 1.29 is 9.18 Å². The van der Waals surface area contributed by atoms with E-state index in [1.54, 1.807) is 17.0 Å². The van der Waals surface area contributed by atoms with Gasteiger partial charge in [0.1, 0.15) is 5.82 Å². The molecule has 1 heterocycles. The molecule has 146 valence electrons. The van der Waals surface area contributed by atoms with Crippen LogP contribution in [0.4, 0.5) is 9.52 Å². The SMILES string of the molecule is O=C(CSc1ccc(F)cc1)N(Cc1ccccc1)c1nc2ccc(Br)cc2s1. The Hall–Kier alpha value is -2.22. The maximum absolute atomic E-state index is 13.1. The van der Waals surface area contributed by atoms with Gasteiger partial charge in [-0.25, -0.2) is 9.37 Å². The van der Waals surface area contributed by atoms with Crippen LogP contribution in [0.3, 0.4) is 0 Å². The van der Waals surface area contributed by atoms with Gasteiger partial charge in [-0.05, 0) is 48.0 Å². The second kappa shape index (κ2) is 9.07. The topological polar surface area (TPSA) is 33.2 Å². The van der Waals surface area contributed by atoms with Crippen LogP contribution < -0.4 is 4.90 Å². The average Bonchev–Trinajstić information content (AvgIpc) is 3.15. The lowest BCUT2D eigenvalue weighted by molar-refractivity contribution is -0.116. The van der Waals surface area contributed by atoms with E-state index in [0.717, 1.165) is 25.1 Å². The first-order valence-electron chi connectivity index (χ1n) is 8.87. The molecule has 4 rings (SSSR count). The van der Waals surface area contributed by atoms with Crippen molar-refractivity contribution in [2.45, 2.75) is 11.4 Å². The summed E-state index contributed by atoms with van der Waals surface area (Å²) in [4.78, 5) is 20.4. The molecule has 0 unspecified atom stereocenters. The smallest absolute Gasteiger partial charge is 0.239 e. The fourth-order valence-electron chi connectivity index (χ4n) is 2.78. The molecule has 0 fully saturated rings. The van der Waals surface area contributed by atoms with Gasteiger partial charge >= 0.3 is 0 Å². The van der Waals surface area contributed by atoms with E-state index in [9.17, 15) is 9.18 Å². The summed E-state index contributed by atoms with van der Waals surface area (Å²) in [6.07, 6.45) is 0. The summed E-state index contributed by atoms with van der Waals surface area (Å²) in [6.45, 7) is 0.449. The number of nitrogens with zero attached hydrogens (tertiary/aromatic N) is 2. The largest absolute Gasteiger partial charge is 0.283 e. The summed E-state index contributed by atoms with van der Waals surface area (Å²) in [5.41, 5.74) is 1.90. The maximum atomic E-state index is 13.1. The highest BCUT2D eigenvalue weighted by molar-refractivity contribution is 9.10. The van der Waals surface area contributed by atoms with E-state index in [-0.39, 0.29) is 17.5 Å². The Kier molecular flexibility index (Phi) is 6.28. The van der Waals surface area contributed by atoms with E-state index in [0.29, 0.717) is 11.7 Å². The van der Waals surface area contributed by atoms with Crippen molar-refractivity contribution in [2.24, 2.45) is 0 Å². The molecule has 0 aliphatic heterocycles. The summed E-state index contributed by atoms with van der Waals surface area (Å²) >= 11 is 6.37. The van der Waals surface area contributed by atoms with Gasteiger partial charge < -0.3 is 0 Å². The number of thiazole rings is 1. The number of carbonyl (C=O) groups excluding carboxylic acids is 1. The first kappa shape index (κ1) is 20.1. The van der Waals surface area contributed by atoms with Gasteiger partial charge in [-0.2, -0.15) is 0 Å². The molecule has 1 amide bonds. The van der Waals surface area contributed by atoms with E-state index in [2.05, 4.69) is 20.9 Å². The third-order valence-electron chi connectivity index (χ3n) is 4.23. The normalized spacial score (nSPS) is 11.0. The number of rotatable bonds is 6. The van der Waals surface area contributed by atoms with Gasteiger partial charge in [0.05, 0.1) is 22.5 Å². The summed E-state index contributed by atoms with van der Waals surface area (Å²) in [5.74, 6) is -0.0775. The van der Waals surface area contributed by atoms with Gasteiger partial charge in [0, 0.05) is 9.37 Å². The lowest BCUT2D eigenvalue weighted by atomic mass is 10.2. The standard InChI is InChI=1S/C22H16BrFN2OS2/c23-16-6-11-19-20(12-16)29-22(25-19)26(13-15-4-2-1-3-5-15)21(27)14-28-18-9-7-17(24)8-10-18/h1-12H,13-14H2. The number of fused-ring (bicyclic) bond motifs is 1. The minimum Gasteiger partial charge on any atom is -0.283 e. The first-order valence-corrected chi connectivity index (χ1v) is 11.5. The minimum atomic E-state index is -0.285. The molecule has 4 aromatic rings. The Morgan fingerprint density at radius 1 is 1.07 bits per heavy atom. The van der Waals surface area contributed by atoms with Crippen LogP contribution in [-0.4, -0.2) is 16.6 Å². The van der Waals surface area contributed by atoms with Crippen molar-refractivity contribution in [3.8, 4) is 0 Å². The number of hydrogen-bond donors (Lipinski definition) is 0. The first-order chi connectivity index (χ1) is 14.1.